The first-order valence-electron chi connectivity index (χ1n) is 8.28. The highest BCUT2D eigenvalue weighted by atomic mass is 35.5. The number of H-pyrrole nitrogens is 1. The molecule has 7 heteroatoms. The molecule has 3 aromatic rings. The lowest BCUT2D eigenvalue weighted by Gasteiger charge is -1.97. The van der Waals surface area contributed by atoms with Crippen LogP contribution >= 0.6 is 22.9 Å². The number of fused-ring (bicyclic) bond motifs is 1. The summed E-state index contributed by atoms with van der Waals surface area (Å²) < 4.78 is 1.04. The van der Waals surface area contributed by atoms with E-state index in [2.05, 4.69) is 21.3 Å². The average molecular weight is 393 g/mol. The molecule has 0 bridgehead atoms. The third-order valence-electron chi connectivity index (χ3n) is 4.31. The molecule has 0 unspecified atom stereocenters. The highest BCUT2D eigenvalue weighted by Crippen LogP contribution is 2.29. The van der Waals surface area contributed by atoms with Gasteiger partial charge in [-0.2, -0.15) is 5.26 Å². The van der Waals surface area contributed by atoms with Gasteiger partial charge in [0.1, 0.15) is 10.7 Å². The molecule has 27 heavy (non-hydrogen) atoms. The van der Waals surface area contributed by atoms with Crippen molar-refractivity contribution in [1.29, 1.82) is 5.26 Å². The molecule has 1 aliphatic carbocycles. The zero-order valence-corrected chi connectivity index (χ0v) is 15.6. The van der Waals surface area contributed by atoms with Crippen molar-refractivity contribution in [1.82, 2.24) is 4.98 Å². The smallest absolute Gasteiger partial charge is 0.266 e. The lowest BCUT2D eigenvalue weighted by atomic mass is 10.1. The van der Waals surface area contributed by atoms with Gasteiger partial charge in [0.05, 0.1) is 10.2 Å². The van der Waals surface area contributed by atoms with Crippen molar-refractivity contribution in [3.8, 4) is 6.07 Å². The fourth-order valence-corrected chi connectivity index (χ4v) is 4.17. The van der Waals surface area contributed by atoms with Crippen LogP contribution in [0.1, 0.15) is 17.5 Å². The Morgan fingerprint density at radius 1 is 1.15 bits per heavy atom. The molecular weight excluding hydrogens is 380 g/mol. The molecule has 0 saturated carbocycles. The zero-order chi connectivity index (χ0) is 18.8. The number of nitrogens with one attached hydrogen (secondary N) is 1. The number of nitrogens with zero attached hydrogens (tertiary/aromatic N) is 3. The Bertz CT molecular complexity index is 1260. The van der Waals surface area contributed by atoms with E-state index < -0.39 is 0 Å². The molecular formula is C20H13ClN4OS. The second-order valence-corrected chi connectivity index (χ2v) is 7.44. The zero-order valence-electron chi connectivity index (χ0n) is 14.1. The number of halogens is 1. The van der Waals surface area contributed by atoms with Gasteiger partial charge in [-0.3, -0.25) is 4.79 Å². The number of azo groups is 1. The number of rotatable bonds is 2. The summed E-state index contributed by atoms with van der Waals surface area (Å²) in [6.45, 7) is 0. The van der Waals surface area contributed by atoms with E-state index in [-0.39, 0.29) is 11.3 Å². The Morgan fingerprint density at radius 3 is 2.70 bits per heavy atom. The molecule has 1 aromatic heterocycles. The molecule has 1 N–H and O–H groups in total. The summed E-state index contributed by atoms with van der Waals surface area (Å²) in [7, 11) is 0. The molecule has 1 heterocycles. The number of aromatic amines is 1. The SMILES string of the molecule is N#C/C(N=Nc1ccc(Cl)cc1)=c1/[nH]c(=O)/c(=C2\CCc3ccccc32)s1. The maximum Gasteiger partial charge on any atom is 0.266 e. The molecule has 0 amide bonds. The molecule has 0 spiro atoms. The van der Waals surface area contributed by atoms with Crippen molar-refractivity contribution < 1.29 is 0 Å². The van der Waals surface area contributed by atoms with Crippen molar-refractivity contribution in [2.45, 2.75) is 12.8 Å². The minimum atomic E-state index is -0.198. The topological polar surface area (TPSA) is 81.4 Å². The van der Waals surface area contributed by atoms with Crippen LogP contribution in [0.15, 0.2) is 63.6 Å². The summed E-state index contributed by atoms with van der Waals surface area (Å²) in [5.41, 5.74) is 3.83. The monoisotopic (exact) mass is 392 g/mol. The largest absolute Gasteiger partial charge is 0.310 e. The van der Waals surface area contributed by atoms with Crippen molar-refractivity contribution in [2.75, 3.05) is 0 Å². The Labute approximate surface area is 163 Å². The number of aromatic nitrogens is 1. The predicted molar refractivity (Wildman–Crippen MR) is 106 cm³/mol. The Kier molecular flexibility index (Phi) is 4.71. The fraction of sp³-hybridized carbons (Fsp3) is 0.100. The maximum absolute atomic E-state index is 12.5. The highest BCUT2D eigenvalue weighted by Gasteiger charge is 2.18. The van der Waals surface area contributed by atoms with Crippen molar-refractivity contribution >= 4 is 39.9 Å². The van der Waals surface area contributed by atoms with E-state index in [9.17, 15) is 10.1 Å². The van der Waals surface area contributed by atoms with Gasteiger partial charge in [0.25, 0.3) is 5.56 Å². The van der Waals surface area contributed by atoms with Gasteiger partial charge in [-0.05, 0) is 53.8 Å². The quantitative estimate of drug-likeness (QED) is 0.675. The van der Waals surface area contributed by atoms with Crippen LogP contribution in [0.5, 0.6) is 0 Å². The normalized spacial score (nSPS) is 16.3. The standard InChI is InChI=1S/C20H13ClN4OS/c21-13-6-8-14(9-7-13)24-25-17(11-22)20-23-19(26)18(27-20)16-10-5-12-3-1-2-4-15(12)16/h1-4,6-9H,5,10H2,(H,23,26)/b18-16-,20-17+,25-24?. The third kappa shape index (κ3) is 3.47. The van der Waals surface area contributed by atoms with Crippen LogP contribution in [0.3, 0.4) is 0 Å². The summed E-state index contributed by atoms with van der Waals surface area (Å²) >= 11 is 7.10. The van der Waals surface area contributed by atoms with E-state index in [0.29, 0.717) is 19.9 Å². The van der Waals surface area contributed by atoms with Crippen LogP contribution in [0.2, 0.25) is 5.02 Å². The second-order valence-electron chi connectivity index (χ2n) is 5.99. The number of aryl methyl sites for hydroxylation is 1. The highest BCUT2D eigenvalue weighted by molar-refractivity contribution is 7.07. The summed E-state index contributed by atoms with van der Waals surface area (Å²) in [5.74, 6) is 0. The van der Waals surface area contributed by atoms with Gasteiger partial charge >= 0.3 is 0 Å². The number of benzene rings is 2. The molecule has 132 valence electrons. The minimum absolute atomic E-state index is 0.0742. The molecule has 0 radical (unpaired) electrons. The van der Waals surface area contributed by atoms with E-state index in [1.807, 2.05) is 24.3 Å². The lowest BCUT2D eigenvalue weighted by molar-refractivity contribution is 1.08. The van der Waals surface area contributed by atoms with Gasteiger partial charge < -0.3 is 4.98 Å². The first-order chi connectivity index (χ1) is 13.2. The molecule has 0 atom stereocenters. The first-order valence-corrected chi connectivity index (χ1v) is 9.47. The summed E-state index contributed by atoms with van der Waals surface area (Å²) in [5, 5.41) is 18.1. The van der Waals surface area contributed by atoms with Crippen LogP contribution < -0.4 is 14.8 Å². The van der Waals surface area contributed by atoms with Crippen molar-refractivity contribution in [3.05, 3.63) is 84.2 Å². The van der Waals surface area contributed by atoms with Crippen LogP contribution in [0, 0.1) is 11.3 Å². The maximum atomic E-state index is 12.5. The van der Waals surface area contributed by atoms with Crippen LogP contribution in [0.4, 0.5) is 5.69 Å². The van der Waals surface area contributed by atoms with Crippen LogP contribution in [0.25, 0.3) is 11.3 Å². The number of nitriles is 1. The van der Waals surface area contributed by atoms with Crippen molar-refractivity contribution in [3.63, 3.8) is 0 Å². The lowest BCUT2D eigenvalue weighted by Crippen LogP contribution is -2.22. The Morgan fingerprint density at radius 2 is 1.93 bits per heavy atom. The molecule has 4 rings (SSSR count). The molecule has 5 nitrogen and oxygen atoms in total. The summed E-state index contributed by atoms with van der Waals surface area (Å²) in [4.78, 5) is 15.2. The number of hydrogen-bond acceptors (Lipinski definition) is 5. The van der Waals surface area contributed by atoms with E-state index in [1.165, 1.54) is 16.9 Å². The van der Waals surface area contributed by atoms with Gasteiger partial charge in [0.15, 0.2) is 5.70 Å². The van der Waals surface area contributed by atoms with Gasteiger partial charge in [-0.1, -0.05) is 35.9 Å². The van der Waals surface area contributed by atoms with Crippen LogP contribution in [-0.4, -0.2) is 4.98 Å². The Hall–Kier alpha value is -3.01. The van der Waals surface area contributed by atoms with E-state index in [1.54, 1.807) is 24.3 Å². The predicted octanol–water partition coefficient (Wildman–Crippen LogP) is 3.65. The number of thiazole rings is 1. The minimum Gasteiger partial charge on any atom is -0.310 e. The average Bonchev–Trinajstić information content (AvgIpc) is 3.27. The van der Waals surface area contributed by atoms with Crippen molar-refractivity contribution in [2.24, 2.45) is 10.2 Å². The van der Waals surface area contributed by atoms with Crippen LogP contribution in [-0.2, 0) is 6.42 Å². The summed E-state index contributed by atoms with van der Waals surface area (Å²) in [6, 6.07) is 16.9. The molecule has 0 saturated heterocycles. The number of hydrogen-bond donors (Lipinski definition) is 1. The van der Waals surface area contributed by atoms with Gasteiger partial charge in [0, 0.05) is 5.02 Å². The fourth-order valence-electron chi connectivity index (χ4n) is 3.04. The van der Waals surface area contributed by atoms with Gasteiger partial charge in [-0.25, -0.2) is 0 Å². The second kappa shape index (κ2) is 7.31. The first kappa shape index (κ1) is 17.4. The molecule has 0 aliphatic heterocycles. The molecule has 2 aromatic carbocycles. The van der Waals surface area contributed by atoms with E-state index in [0.717, 1.165) is 24.0 Å². The van der Waals surface area contributed by atoms with E-state index >= 15 is 0 Å². The molecule has 1 aliphatic rings. The van der Waals surface area contributed by atoms with E-state index in [4.69, 9.17) is 11.6 Å². The van der Waals surface area contributed by atoms with Gasteiger partial charge in [-0.15, -0.1) is 21.6 Å². The molecule has 0 fully saturated rings. The van der Waals surface area contributed by atoms with Gasteiger partial charge in [0.2, 0.25) is 0 Å². The Balaban J connectivity index is 1.82. The third-order valence-corrected chi connectivity index (χ3v) is 5.70. The summed E-state index contributed by atoms with van der Waals surface area (Å²) in [6.07, 6.45) is 1.74.